The molecule has 0 aromatic heterocycles. The maximum absolute atomic E-state index is 5.55. The Balaban J connectivity index is 2.99. The minimum Gasteiger partial charge on any atom is -0.271 e. The average Bonchev–Trinajstić information content (AvgIpc) is 2.25. The molecule has 0 fully saturated rings. The first-order valence-electron chi connectivity index (χ1n) is 5.12. The molecule has 1 rings (SSSR count). The molecule has 0 heterocycles. The van der Waals surface area contributed by atoms with Gasteiger partial charge in [0.05, 0.1) is 6.04 Å². The van der Waals surface area contributed by atoms with E-state index in [9.17, 15) is 0 Å². The number of nitrogens with one attached hydrogen (secondary N) is 1. The summed E-state index contributed by atoms with van der Waals surface area (Å²) in [7, 11) is 0. The minimum atomic E-state index is 0.123. The van der Waals surface area contributed by atoms with Crippen LogP contribution < -0.4 is 11.3 Å². The third-order valence-corrected chi connectivity index (χ3v) is 2.71. The average molecular weight is 202 g/mol. The summed E-state index contributed by atoms with van der Waals surface area (Å²) < 4.78 is 0. The monoisotopic (exact) mass is 202 g/mol. The first kappa shape index (κ1) is 11.8. The number of hydrazine groups is 1. The van der Waals surface area contributed by atoms with Crippen LogP contribution in [0.3, 0.4) is 0 Å². The molecule has 0 spiro atoms. The standard InChI is InChI=1S/C13H18N2/c1-4-5-9-13(15-14)12-8-6-7-10(2)11(12)3/h6-8,13,15H,9,14H2,1-3H3. The normalized spacial score (nSPS) is 11.7. The number of hydrogen-bond donors (Lipinski definition) is 2. The zero-order valence-electron chi connectivity index (χ0n) is 9.59. The van der Waals surface area contributed by atoms with Crippen LogP contribution in [0.1, 0.15) is 36.1 Å². The summed E-state index contributed by atoms with van der Waals surface area (Å²) in [6, 6.07) is 6.39. The number of nitrogens with two attached hydrogens (primary N) is 1. The molecule has 2 nitrogen and oxygen atoms in total. The van der Waals surface area contributed by atoms with E-state index in [-0.39, 0.29) is 6.04 Å². The molecule has 0 radical (unpaired) electrons. The van der Waals surface area contributed by atoms with Crippen LogP contribution in [0.5, 0.6) is 0 Å². The second-order valence-electron chi connectivity index (χ2n) is 3.64. The van der Waals surface area contributed by atoms with Crippen molar-refractivity contribution in [1.29, 1.82) is 0 Å². The van der Waals surface area contributed by atoms with E-state index in [1.165, 1.54) is 16.7 Å². The van der Waals surface area contributed by atoms with Crippen molar-refractivity contribution < 1.29 is 0 Å². The molecule has 0 aliphatic heterocycles. The fourth-order valence-electron chi connectivity index (χ4n) is 1.61. The van der Waals surface area contributed by atoms with Gasteiger partial charge in [0.15, 0.2) is 0 Å². The summed E-state index contributed by atoms with van der Waals surface area (Å²) in [6.07, 6.45) is 0.747. The topological polar surface area (TPSA) is 38.0 Å². The van der Waals surface area contributed by atoms with E-state index in [1.807, 2.05) is 6.92 Å². The molecule has 0 aliphatic carbocycles. The third-order valence-electron chi connectivity index (χ3n) is 2.71. The van der Waals surface area contributed by atoms with E-state index in [4.69, 9.17) is 5.84 Å². The van der Waals surface area contributed by atoms with Gasteiger partial charge in [0.2, 0.25) is 0 Å². The second kappa shape index (κ2) is 5.55. The fourth-order valence-corrected chi connectivity index (χ4v) is 1.61. The van der Waals surface area contributed by atoms with E-state index in [2.05, 4.69) is 49.3 Å². The largest absolute Gasteiger partial charge is 0.271 e. The summed E-state index contributed by atoms with van der Waals surface area (Å²) in [5.74, 6) is 11.5. The smallest absolute Gasteiger partial charge is 0.0571 e. The first-order chi connectivity index (χ1) is 7.20. The molecule has 1 atom stereocenters. The van der Waals surface area contributed by atoms with E-state index >= 15 is 0 Å². The van der Waals surface area contributed by atoms with Gasteiger partial charge in [0, 0.05) is 6.42 Å². The predicted molar refractivity (Wildman–Crippen MR) is 64.0 cm³/mol. The van der Waals surface area contributed by atoms with Crippen LogP contribution in [-0.2, 0) is 0 Å². The van der Waals surface area contributed by atoms with Crippen molar-refractivity contribution in [2.45, 2.75) is 33.2 Å². The van der Waals surface area contributed by atoms with Gasteiger partial charge < -0.3 is 0 Å². The van der Waals surface area contributed by atoms with Crippen LogP contribution in [0.15, 0.2) is 18.2 Å². The summed E-state index contributed by atoms with van der Waals surface area (Å²) in [5.41, 5.74) is 6.63. The maximum Gasteiger partial charge on any atom is 0.0571 e. The number of aryl methyl sites for hydroxylation is 1. The Morgan fingerprint density at radius 3 is 2.73 bits per heavy atom. The zero-order chi connectivity index (χ0) is 11.3. The summed E-state index contributed by atoms with van der Waals surface area (Å²) in [5, 5.41) is 0. The maximum atomic E-state index is 5.55. The van der Waals surface area contributed by atoms with Crippen molar-refractivity contribution in [3.8, 4) is 11.8 Å². The van der Waals surface area contributed by atoms with Gasteiger partial charge in [0.25, 0.3) is 0 Å². The van der Waals surface area contributed by atoms with Crippen LogP contribution in [0, 0.1) is 25.7 Å². The fraction of sp³-hybridized carbons (Fsp3) is 0.385. The molecule has 0 amide bonds. The van der Waals surface area contributed by atoms with Gasteiger partial charge in [-0.15, -0.1) is 11.8 Å². The van der Waals surface area contributed by atoms with Crippen molar-refractivity contribution >= 4 is 0 Å². The highest BCUT2D eigenvalue weighted by Crippen LogP contribution is 2.21. The predicted octanol–water partition coefficient (Wildman–Crippen LogP) is 2.22. The van der Waals surface area contributed by atoms with Crippen molar-refractivity contribution in [3.05, 3.63) is 34.9 Å². The van der Waals surface area contributed by atoms with Gasteiger partial charge in [-0.25, -0.2) is 0 Å². The van der Waals surface area contributed by atoms with E-state index in [0.29, 0.717) is 0 Å². The molecular weight excluding hydrogens is 184 g/mol. The Bertz CT molecular complexity index is 385. The number of benzene rings is 1. The highest BCUT2D eigenvalue weighted by Gasteiger charge is 2.11. The Morgan fingerprint density at radius 2 is 2.13 bits per heavy atom. The van der Waals surface area contributed by atoms with E-state index < -0.39 is 0 Å². The SMILES string of the molecule is CC#CCC(NN)c1cccc(C)c1C. The lowest BCUT2D eigenvalue weighted by Crippen LogP contribution is -2.28. The quantitative estimate of drug-likeness (QED) is 0.448. The van der Waals surface area contributed by atoms with Crippen LogP contribution in [-0.4, -0.2) is 0 Å². The molecule has 80 valence electrons. The number of rotatable bonds is 3. The molecular formula is C13H18N2. The van der Waals surface area contributed by atoms with Gasteiger partial charge in [-0.1, -0.05) is 18.2 Å². The third kappa shape index (κ3) is 2.82. The highest BCUT2D eigenvalue weighted by atomic mass is 15.2. The Labute approximate surface area is 91.8 Å². The Hall–Kier alpha value is -1.30. The van der Waals surface area contributed by atoms with Crippen LogP contribution in [0.2, 0.25) is 0 Å². The molecule has 0 bridgehead atoms. The first-order valence-corrected chi connectivity index (χ1v) is 5.12. The van der Waals surface area contributed by atoms with Gasteiger partial charge in [-0.2, -0.15) is 0 Å². The summed E-state index contributed by atoms with van der Waals surface area (Å²) in [4.78, 5) is 0. The minimum absolute atomic E-state index is 0.123. The molecule has 2 heteroatoms. The van der Waals surface area contributed by atoms with Crippen LogP contribution >= 0.6 is 0 Å². The summed E-state index contributed by atoms with van der Waals surface area (Å²) in [6.45, 7) is 6.07. The van der Waals surface area contributed by atoms with Gasteiger partial charge in [-0.05, 0) is 37.5 Å². The Morgan fingerprint density at radius 1 is 1.40 bits per heavy atom. The van der Waals surface area contributed by atoms with Gasteiger partial charge >= 0.3 is 0 Å². The lowest BCUT2D eigenvalue weighted by atomic mass is 9.96. The molecule has 0 aliphatic rings. The highest BCUT2D eigenvalue weighted by molar-refractivity contribution is 5.35. The lowest BCUT2D eigenvalue weighted by molar-refractivity contribution is 0.565. The van der Waals surface area contributed by atoms with Crippen molar-refractivity contribution in [2.24, 2.45) is 5.84 Å². The van der Waals surface area contributed by atoms with Crippen molar-refractivity contribution in [3.63, 3.8) is 0 Å². The summed E-state index contributed by atoms with van der Waals surface area (Å²) >= 11 is 0. The van der Waals surface area contributed by atoms with Crippen LogP contribution in [0.4, 0.5) is 0 Å². The molecule has 1 aromatic carbocycles. The van der Waals surface area contributed by atoms with Crippen molar-refractivity contribution in [1.82, 2.24) is 5.43 Å². The zero-order valence-corrected chi connectivity index (χ0v) is 9.59. The Kier molecular flexibility index (Phi) is 4.36. The molecule has 0 saturated carbocycles. The van der Waals surface area contributed by atoms with E-state index in [0.717, 1.165) is 6.42 Å². The second-order valence-corrected chi connectivity index (χ2v) is 3.64. The lowest BCUT2D eigenvalue weighted by Gasteiger charge is -2.17. The van der Waals surface area contributed by atoms with Crippen LogP contribution in [0.25, 0.3) is 0 Å². The number of hydrogen-bond acceptors (Lipinski definition) is 2. The van der Waals surface area contributed by atoms with E-state index in [1.54, 1.807) is 0 Å². The molecule has 1 unspecified atom stereocenters. The van der Waals surface area contributed by atoms with Gasteiger partial charge in [-0.3, -0.25) is 11.3 Å². The molecule has 15 heavy (non-hydrogen) atoms. The van der Waals surface area contributed by atoms with Crippen molar-refractivity contribution in [2.75, 3.05) is 0 Å². The molecule has 3 N–H and O–H groups in total. The molecule has 1 aromatic rings. The van der Waals surface area contributed by atoms with Gasteiger partial charge in [0.1, 0.15) is 0 Å². The molecule has 0 saturated heterocycles.